The molecule has 1 aliphatic heterocycles. The molecule has 128 valence electrons. The molecule has 0 amide bonds. The molecule has 1 saturated heterocycles. The molecular weight excluding hydrogens is 322 g/mol. The Morgan fingerprint density at radius 2 is 1.38 bits per heavy atom. The van der Waals surface area contributed by atoms with Gasteiger partial charge in [-0.05, 0) is 24.0 Å². The molecule has 0 radical (unpaired) electrons. The van der Waals surface area contributed by atoms with Crippen LogP contribution < -0.4 is 0 Å². The van der Waals surface area contributed by atoms with Gasteiger partial charge in [-0.3, -0.25) is 9.08 Å². The summed E-state index contributed by atoms with van der Waals surface area (Å²) in [4.78, 5) is 2.41. The Labute approximate surface area is 144 Å². The van der Waals surface area contributed by atoms with Crippen LogP contribution in [0.4, 0.5) is 0 Å². The minimum absolute atomic E-state index is 0.187. The Hall–Kier alpha value is -1.69. The largest absolute Gasteiger partial charge is 0.292 e. The SMILES string of the molecule is CS(=O)(=O)OC1CCN(C(c2ccccc2)c2ccccc2)CC1. The minimum Gasteiger partial charge on any atom is -0.292 e. The van der Waals surface area contributed by atoms with E-state index in [2.05, 4.69) is 53.4 Å². The third kappa shape index (κ3) is 4.44. The van der Waals surface area contributed by atoms with Crippen LogP contribution in [0.3, 0.4) is 0 Å². The lowest BCUT2D eigenvalue weighted by Gasteiger charge is -2.37. The van der Waals surface area contributed by atoms with E-state index in [1.165, 1.54) is 11.1 Å². The maximum atomic E-state index is 11.3. The highest BCUT2D eigenvalue weighted by molar-refractivity contribution is 7.86. The Bertz CT molecular complexity index is 699. The third-order valence-electron chi connectivity index (χ3n) is 4.38. The number of piperidine rings is 1. The van der Waals surface area contributed by atoms with E-state index in [9.17, 15) is 8.42 Å². The zero-order valence-electron chi connectivity index (χ0n) is 13.8. The number of rotatable bonds is 5. The van der Waals surface area contributed by atoms with E-state index >= 15 is 0 Å². The molecule has 0 aliphatic carbocycles. The molecule has 0 unspecified atom stereocenters. The van der Waals surface area contributed by atoms with Gasteiger partial charge < -0.3 is 0 Å². The Balaban J connectivity index is 1.78. The molecule has 1 heterocycles. The van der Waals surface area contributed by atoms with Crippen LogP contribution in [-0.4, -0.2) is 38.8 Å². The standard InChI is InChI=1S/C19H23NO3S/c1-24(21,22)23-18-12-14-20(15-13-18)19(16-8-4-2-5-9-16)17-10-6-3-7-11-17/h2-11,18-19H,12-15H2,1H3. The van der Waals surface area contributed by atoms with Gasteiger partial charge in [0.05, 0.1) is 18.4 Å². The van der Waals surface area contributed by atoms with Crippen molar-refractivity contribution >= 4 is 10.1 Å². The zero-order chi connectivity index (χ0) is 17.0. The molecule has 2 aromatic carbocycles. The van der Waals surface area contributed by atoms with Crippen molar-refractivity contribution in [3.05, 3.63) is 71.8 Å². The first-order valence-corrected chi connectivity index (χ1v) is 10.1. The second-order valence-corrected chi connectivity index (χ2v) is 7.86. The van der Waals surface area contributed by atoms with E-state index in [4.69, 9.17) is 4.18 Å². The van der Waals surface area contributed by atoms with Crippen LogP contribution in [0.2, 0.25) is 0 Å². The molecule has 5 heteroatoms. The molecule has 0 spiro atoms. The fourth-order valence-corrected chi connectivity index (χ4v) is 4.05. The van der Waals surface area contributed by atoms with Crippen molar-refractivity contribution in [1.29, 1.82) is 0 Å². The molecule has 3 rings (SSSR count). The topological polar surface area (TPSA) is 46.6 Å². The summed E-state index contributed by atoms with van der Waals surface area (Å²) in [6.07, 6.45) is 2.37. The highest BCUT2D eigenvalue weighted by Crippen LogP contribution is 2.31. The lowest BCUT2D eigenvalue weighted by atomic mass is 9.94. The van der Waals surface area contributed by atoms with Crippen molar-refractivity contribution in [2.24, 2.45) is 0 Å². The lowest BCUT2D eigenvalue weighted by Crippen LogP contribution is -2.40. The average Bonchev–Trinajstić information content (AvgIpc) is 2.57. The highest BCUT2D eigenvalue weighted by atomic mass is 32.2. The van der Waals surface area contributed by atoms with Gasteiger partial charge in [-0.2, -0.15) is 8.42 Å². The van der Waals surface area contributed by atoms with E-state index in [0.717, 1.165) is 32.2 Å². The van der Waals surface area contributed by atoms with Crippen molar-refractivity contribution in [2.75, 3.05) is 19.3 Å². The quantitative estimate of drug-likeness (QED) is 0.781. The van der Waals surface area contributed by atoms with E-state index in [0.29, 0.717) is 0 Å². The molecular formula is C19H23NO3S. The van der Waals surface area contributed by atoms with Crippen molar-refractivity contribution in [2.45, 2.75) is 25.0 Å². The summed E-state index contributed by atoms with van der Waals surface area (Å²) in [6.45, 7) is 1.63. The summed E-state index contributed by atoms with van der Waals surface area (Å²) in [5.74, 6) is 0. The number of hydrogen-bond acceptors (Lipinski definition) is 4. The van der Waals surface area contributed by atoms with Gasteiger partial charge in [0.2, 0.25) is 0 Å². The second-order valence-electron chi connectivity index (χ2n) is 6.26. The maximum Gasteiger partial charge on any atom is 0.264 e. The molecule has 0 N–H and O–H groups in total. The Kier molecular flexibility index (Phi) is 5.33. The third-order valence-corrected chi connectivity index (χ3v) is 5.00. The minimum atomic E-state index is -3.38. The number of benzene rings is 2. The van der Waals surface area contributed by atoms with Gasteiger partial charge in [0.1, 0.15) is 0 Å². The highest BCUT2D eigenvalue weighted by Gasteiger charge is 2.29. The fraction of sp³-hybridized carbons (Fsp3) is 0.368. The molecule has 4 nitrogen and oxygen atoms in total. The molecule has 0 saturated carbocycles. The van der Waals surface area contributed by atoms with E-state index in [-0.39, 0.29) is 12.1 Å². The summed E-state index contributed by atoms with van der Waals surface area (Å²) in [5.41, 5.74) is 2.51. The second kappa shape index (κ2) is 7.47. The monoisotopic (exact) mass is 345 g/mol. The molecule has 24 heavy (non-hydrogen) atoms. The number of hydrogen-bond donors (Lipinski definition) is 0. The zero-order valence-corrected chi connectivity index (χ0v) is 14.7. The Morgan fingerprint density at radius 3 is 1.79 bits per heavy atom. The summed E-state index contributed by atoms with van der Waals surface area (Å²) in [5, 5.41) is 0. The first-order valence-electron chi connectivity index (χ1n) is 8.25. The van der Waals surface area contributed by atoms with Crippen LogP contribution in [0, 0.1) is 0 Å². The van der Waals surface area contributed by atoms with E-state index < -0.39 is 10.1 Å². The molecule has 0 atom stereocenters. The molecule has 0 bridgehead atoms. The first kappa shape index (κ1) is 17.1. The molecule has 1 fully saturated rings. The first-order chi connectivity index (χ1) is 11.5. The maximum absolute atomic E-state index is 11.3. The van der Waals surface area contributed by atoms with Crippen LogP contribution in [0.25, 0.3) is 0 Å². The van der Waals surface area contributed by atoms with Gasteiger partial charge in [0, 0.05) is 13.1 Å². The summed E-state index contributed by atoms with van der Waals surface area (Å²) >= 11 is 0. The number of nitrogens with zero attached hydrogens (tertiary/aromatic N) is 1. The van der Waals surface area contributed by atoms with Gasteiger partial charge in [0.15, 0.2) is 0 Å². The van der Waals surface area contributed by atoms with Crippen molar-refractivity contribution in [1.82, 2.24) is 4.90 Å². The predicted octanol–water partition coefficient (Wildman–Crippen LogP) is 3.22. The summed E-state index contributed by atoms with van der Waals surface area (Å²) in [6, 6.07) is 21.1. The molecule has 1 aliphatic rings. The average molecular weight is 345 g/mol. The van der Waals surface area contributed by atoms with E-state index in [1.54, 1.807) is 0 Å². The smallest absolute Gasteiger partial charge is 0.264 e. The lowest BCUT2D eigenvalue weighted by molar-refractivity contribution is 0.0897. The van der Waals surface area contributed by atoms with Crippen molar-refractivity contribution < 1.29 is 12.6 Å². The van der Waals surface area contributed by atoms with Gasteiger partial charge >= 0.3 is 0 Å². The predicted molar refractivity (Wildman–Crippen MR) is 95.3 cm³/mol. The van der Waals surface area contributed by atoms with Gasteiger partial charge in [-0.15, -0.1) is 0 Å². The van der Waals surface area contributed by atoms with Crippen molar-refractivity contribution in [3.8, 4) is 0 Å². The van der Waals surface area contributed by atoms with Crippen LogP contribution in [0.15, 0.2) is 60.7 Å². The Morgan fingerprint density at radius 1 is 0.917 bits per heavy atom. The number of likely N-dealkylation sites (tertiary alicyclic amines) is 1. The van der Waals surface area contributed by atoms with Crippen LogP contribution >= 0.6 is 0 Å². The molecule has 0 aromatic heterocycles. The van der Waals surface area contributed by atoms with Crippen LogP contribution in [0.5, 0.6) is 0 Å². The normalized spacial score (nSPS) is 17.2. The van der Waals surface area contributed by atoms with Crippen LogP contribution in [-0.2, 0) is 14.3 Å². The van der Waals surface area contributed by atoms with Gasteiger partial charge in [-0.25, -0.2) is 0 Å². The van der Waals surface area contributed by atoms with Gasteiger partial charge in [-0.1, -0.05) is 60.7 Å². The van der Waals surface area contributed by atoms with Crippen LogP contribution in [0.1, 0.15) is 30.0 Å². The fourth-order valence-electron chi connectivity index (χ4n) is 3.36. The summed E-state index contributed by atoms with van der Waals surface area (Å²) < 4.78 is 27.8. The molecule has 2 aromatic rings. The summed E-state index contributed by atoms with van der Waals surface area (Å²) in [7, 11) is -3.38. The van der Waals surface area contributed by atoms with E-state index in [1.807, 2.05) is 12.1 Å². The van der Waals surface area contributed by atoms with Crippen molar-refractivity contribution in [3.63, 3.8) is 0 Å². The van der Waals surface area contributed by atoms with Gasteiger partial charge in [0.25, 0.3) is 10.1 Å².